The molecule has 1 aromatic heterocycles. The number of hydrogen-bond acceptors (Lipinski definition) is 6. The molecule has 0 saturated heterocycles. The second-order valence-corrected chi connectivity index (χ2v) is 5.24. The molecule has 0 saturated carbocycles. The van der Waals surface area contributed by atoms with E-state index in [-0.39, 0.29) is 31.3 Å². The Hall–Kier alpha value is -3.36. The van der Waals surface area contributed by atoms with Crippen molar-refractivity contribution >= 4 is 29.2 Å². The van der Waals surface area contributed by atoms with E-state index in [0.29, 0.717) is 22.8 Å². The van der Waals surface area contributed by atoms with Crippen LogP contribution in [0.2, 0.25) is 0 Å². The van der Waals surface area contributed by atoms with E-state index >= 15 is 0 Å². The molecule has 1 heterocycles. The van der Waals surface area contributed by atoms with Gasteiger partial charge in [-0.05, 0) is 19.1 Å². The van der Waals surface area contributed by atoms with E-state index in [9.17, 15) is 14.4 Å². The Morgan fingerprint density at radius 1 is 1.24 bits per heavy atom. The van der Waals surface area contributed by atoms with E-state index in [4.69, 9.17) is 10.3 Å². The van der Waals surface area contributed by atoms with Gasteiger partial charge in [0.1, 0.15) is 5.76 Å². The summed E-state index contributed by atoms with van der Waals surface area (Å²) in [5.74, 6) is -0.288. The van der Waals surface area contributed by atoms with Gasteiger partial charge in [0, 0.05) is 24.7 Å². The van der Waals surface area contributed by atoms with Gasteiger partial charge in [-0.2, -0.15) is 0 Å². The Bertz CT molecular complexity index is 771. The van der Waals surface area contributed by atoms with Gasteiger partial charge in [-0.15, -0.1) is 0 Å². The second-order valence-electron chi connectivity index (χ2n) is 5.24. The quantitative estimate of drug-likeness (QED) is 0.553. The number of anilines is 2. The van der Waals surface area contributed by atoms with Crippen LogP contribution in [0.1, 0.15) is 22.5 Å². The molecule has 0 aliphatic rings. The van der Waals surface area contributed by atoms with E-state index < -0.39 is 5.91 Å². The predicted octanol–water partition coefficient (Wildman–Crippen LogP) is 0.639. The van der Waals surface area contributed by atoms with Gasteiger partial charge in [0.2, 0.25) is 11.8 Å². The van der Waals surface area contributed by atoms with Crippen LogP contribution in [0.15, 0.2) is 34.9 Å². The molecule has 25 heavy (non-hydrogen) atoms. The molecule has 132 valence electrons. The number of primary amides is 1. The summed E-state index contributed by atoms with van der Waals surface area (Å²) in [6.07, 6.45) is 0.0564. The molecule has 0 bridgehead atoms. The lowest BCUT2D eigenvalue weighted by atomic mass is 10.1. The topological polar surface area (TPSA) is 139 Å². The highest BCUT2D eigenvalue weighted by atomic mass is 16.5. The Balaban J connectivity index is 1.92. The Labute approximate surface area is 143 Å². The molecule has 9 nitrogen and oxygen atoms in total. The highest BCUT2D eigenvalue weighted by Gasteiger charge is 2.12. The van der Waals surface area contributed by atoms with Crippen molar-refractivity contribution in [3.63, 3.8) is 0 Å². The normalized spacial score (nSPS) is 10.1. The lowest BCUT2D eigenvalue weighted by molar-refractivity contribution is -0.118. The smallest absolute Gasteiger partial charge is 0.253 e. The Kier molecular flexibility index (Phi) is 6.10. The first-order valence-corrected chi connectivity index (χ1v) is 7.58. The average molecular weight is 345 g/mol. The zero-order chi connectivity index (χ0) is 18.2. The fourth-order valence-corrected chi connectivity index (χ4v) is 2.02. The van der Waals surface area contributed by atoms with Crippen molar-refractivity contribution in [1.29, 1.82) is 0 Å². The molecule has 0 radical (unpaired) electrons. The summed E-state index contributed by atoms with van der Waals surface area (Å²) in [4.78, 5) is 34.8. The minimum Gasteiger partial charge on any atom is -0.375 e. The number of nitrogens with two attached hydrogens (primary N) is 1. The van der Waals surface area contributed by atoms with E-state index in [1.165, 1.54) is 0 Å². The third-order valence-electron chi connectivity index (χ3n) is 3.16. The zero-order valence-electron chi connectivity index (χ0n) is 13.7. The van der Waals surface area contributed by atoms with Gasteiger partial charge in [-0.3, -0.25) is 14.4 Å². The molecule has 9 heteroatoms. The Morgan fingerprint density at radius 3 is 2.68 bits per heavy atom. The summed E-state index contributed by atoms with van der Waals surface area (Å²) < 4.78 is 4.86. The molecule has 0 fully saturated rings. The van der Waals surface area contributed by atoms with Crippen LogP contribution < -0.4 is 21.7 Å². The van der Waals surface area contributed by atoms with Gasteiger partial charge in [0.05, 0.1) is 12.1 Å². The molecule has 2 rings (SSSR count). The number of hydrogen-bond donors (Lipinski definition) is 4. The van der Waals surface area contributed by atoms with E-state index in [1.54, 1.807) is 37.3 Å². The molecule has 0 spiro atoms. The summed E-state index contributed by atoms with van der Waals surface area (Å²) in [7, 11) is 0. The van der Waals surface area contributed by atoms with Crippen molar-refractivity contribution in [3.05, 3.63) is 41.7 Å². The number of para-hydroxylation sites is 1. The monoisotopic (exact) mass is 345 g/mol. The van der Waals surface area contributed by atoms with Crippen molar-refractivity contribution < 1.29 is 18.9 Å². The molecule has 3 amide bonds. The molecule has 0 atom stereocenters. The van der Waals surface area contributed by atoms with E-state index in [2.05, 4.69) is 21.1 Å². The van der Waals surface area contributed by atoms with Crippen molar-refractivity contribution in [3.8, 4) is 0 Å². The molecule has 1 aromatic carbocycles. The average Bonchev–Trinajstić information content (AvgIpc) is 2.97. The number of rotatable bonds is 8. The lowest BCUT2D eigenvalue weighted by Gasteiger charge is -2.11. The Morgan fingerprint density at radius 2 is 2.00 bits per heavy atom. The standard InChI is InChI=1S/C16H19N5O4/c1-10-8-14(21-25-10)20-15(23)9-19-12-5-3-2-4-11(12)16(24)18-7-6-13(17)22/h2-5,8,19H,6-7,9H2,1H3,(H2,17,22)(H,18,24)(H,20,21,23). The van der Waals surface area contributed by atoms with Crippen molar-refractivity contribution in [2.75, 3.05) is 23.7 Å². The molecule has 5 N–H and O–H groups in total. The minimum atomic E-state index is -0.494. The van der Waals surface area contributed by atoms with Gasteiger partial charge in [-0.1, -0.05) is 17.3 Å². The largest absolute Gasteiger partial charge is 0.375 e. The van der Waals surface area contributed by atoms with Gasteiger partial charge in [0.25, 0.3) is 5.91 Å². The van der Waals surface area contributed by atoms with Crippen molar-refractivity contribution in [1.82, 2.24) is 10.5 Å². The maximum absolute atomic E-state index is 12.2. The number of carbonyl (C=O) groups excluding carboxylic acids is 3. The maximum atomic E-state index is 12.2. The molecule has 0 unspecified atom stereocenters. The zero-order valence-corrected chi connectivity index (χ0v) is 13.7. The summed E-state index contributed by atoms with van der Waals surface area (Å²) >= 11 is 0. The highest BCUT2D eigenvalue weighted by Crippen LogP contribution is 2.15. The molecule has 0 aliphatic carbocycles. The third-order valence-corrected chi connectivity index (χ3v) is 3.16. The maximum Gasteiger partial charge on any atom is 0.253 e. The number of nitrogens with zero attached hydrogens (tertiary/aromatic N) is 1. The molecule has 0 aliphatic heterocycles. The van der Waals surface area contributed by atoms with Gasteiger partial charge in [-0.25, -0.2) is 0 Å². The second kappa shape index (κ2) is 8.48. The van der Waals surface area contributed by atoms with Crippen molar-refractivity contribution in [2.45, 2.75) is 13.3 Å². The fraction of sp³-hybridized carbons (Fsp3) is 0.250. The lowest BCUT2D eigenvalue weighted by Crippen LogP contribution is -2.29. The number of aromatic nitrogens is 1. The van der Waals surface area contributed by atoms with E-state index in [1.807, 2.05) is 0 Å². The SMILES string of the molecule is Cc1cc(NC(=O)CNc2ccccc2C(=O)NCCC(N)=O)no1. The number of carbonyl (C=O) groups is 3. The van der Waals surface area contributed by atoms with Crippen LogP contribution >= 0.6 is 0 Å². The summed E-state index contributed by atoms with van der Waals surface area (Å²) in [6.45, 7) is 1.81. The van der Waals surface area contributed by atoms with E-state index in [0.717, 1.165) is 0 Å². The number of benzene rings is 1. The predicted molar refractivity (Wildman–Crippen MR) is 90.9 cm³/mol. The highest BCUT2D eigenvalue weighted by molar-refractivity contribution is 6.00. The number of nitrogens with one attached hydrogen (secondary N) is 3. The van der Waals surface area contributed by atoms with Crippen LogP contribution in [0.4, 0.5) is 11.5 Å². The first-order valence-electron chi connectivity index (χ1n) is 7.58. The molecular formula is C16H19N5O4. The van der Waals surface area contributed by atoms with Gasteiger partial charge >= 0.3 is 0 Å². The van der Waals surface area contributed by atoms with Crippen molar-refractivity contribution in [2.24, 2.45) is 5.73 Å². The van der Waals surface area contributed by atoms with Crippen LogP contribution in [0, 0.1) is 6.92 Å². The minimum absolute atomic E-state index is 0.0564. The molecule has 2 aromatic rings. The third kappa shape index (κ3) is 5.65. The van der Waals surface area contributed by atoms with Crippen LogP contribution in [-0.2, 0) is 9.59 Å². The first kappa shape index (κ1) is 18.0. The van der Waals surface area contributed by atoms with Crippen LogP contribution in [-0.4, -0.2) is 36.0 Å². The molecular weight excluding hydrogens is 326 g/mol. The fourth-order valence-electron chi connectivity index (χ4n) is 2.02. The van der Waals surface area contributed by atoms with Crippen LogP contribution in [0.3, 0.4) is 0 Å². The summed E-state index contributed by atoms with van der Waals surface area (Å²) in [5.41, 5.74) is 5.88. The van der Waals surface area contributed by atoms with Gasteiger partial charge in [0.15, 0.2) is 5.82 Å². The summed E-state index contributed by atoms with van der Waals surface area (Å²) in [6, 6.07) is 8.32. The van der Waals surface area contributed by atoms with Crippen LogP contribution in [0.5, 0.6) is 0 Å². The van der Waals surface area contributed by atoms with Gasteiger partial charge < -0.3 is 26.2 Å². The summed E-state index contributed by atoms with van der Waals surface area (Å²) in [5, 5.41) is 11.7. The number of amides is 3. The first-order chi connectivity index (χ1) is 12.0. The number of aryl methyl sites for hydroxylation is 1. The van der Waals surface area contributed by atoms with Crippen LogP contribution in [0.25, 0.3) is 0 Å².